The number of amides is 2. The summed E-state index contributed by atoms with van der Waals surface area (Å²) in [5.41, 5.74) is 2.22. The Hall–Kier alpha value is -2.58. The summed E-state index contributed by atoms with van der Waals surface area (Å²) < 4.78 is 15.5. The van der Waals surface area contributed by atoms with E-state index >= 15 is 0 Å². The van der Waals surface area contributed by atoms with Crippen LogP contribution in [0.1, 0.15) is 11.6 Å². The fraction of sp³-hybridized carbons (Fsp3) is 0.474. The highest BCUT2D eigenvalue weighted by Crippen LogP contribution is 2.31. The van der Waals surface area contributed by atoms with Crippen LogP contribution in [-0.2, 0) is 19.0 Å². The number of ether oxygens (including phenoxy) is 3. The monoisotopic (exact) mass is 375 g/mol. The zero-order valence-electron chi connectivity index (χ0n) is 15.4. The topological polar surface area (TPSA) is 89.1 Å². The molecule has 27 heavy (non-hydrogen) atoms. The first-order chi connectivity index (χ1) is 13.1. The Morgan fingerprint density at radius 2 is 1.96 bits per heavy atom. The van der Waals surface area contributed by atoms with Crippen LogP contribution in [0.4, 0.5) is 10.5 Å². The first-order valence-corrected chi connectivity index (χ1v) is 8.94. The zero-order chi connectivity index (χ0) is 19.2. The standard InChI is InChI=1S/C19H25N3O5/c1-13-16(18(23)27-12-11-25-2)17(21-19(24)20-13)14-3-5-15(6-4-14)22-7-9-26-10-8-22/h3-6,16-17H,1,7-12H2,2H3,(H2,20,21,24)/t16-,17-/m1/s1. The average Bonchev–Trinajstić information content (AvgIpc) is 2.68. The van der Waals surface area contributed by atoms with Crippen LogP contribution in [0.2, 0.25) is 0 Å². The normalized spacial score (nSPS) is 22.8. The molecule has 8 nitrogen and oxygen atoms in total. The van der Waals surface area contributed by atoms with E-state index in [2.05, 4.69) is 22.1 Å². The molecule has 0 aliphatic carbocycles. The summed E-state index contributed by atoms with van der Waals surface area (Å²) >= 11 is 0. The molecular weight excluding hydrogens is 350 g/mol. The third-order valence-corrected chi connectivity index (χ3v) is 4.68. The highest BCUT2D eigenvalue weighted by atomic mass is 16.6. The molecule has 146 valence electrons. The lowest BCUT2D eigenvalue weighted by Crippen LogP contribution is -2.51. The van der Waals surface area contributed by atoms with Gasteiger partial charge in [0.15, 0.2) is 0 Å². The lowest BCUT2D eigenvalue weighted by Gasteiger charge is -2.34. The molecule has 0 bridgehead atoms. The Labute approximate surface area is 158 Å². The minimum atomic E-state index is -0.714. The zero-order valence-corrected chi connectivity index (χ0v) is 15.4. The Bertz CT molecular complexity index is 685. The number of morpholine rings is 1. The summed E-state index contributed by atoms with van der Waals surface area (Å²) in [6.45, 7) is 7.40. The Morgan fingerprint density at radius 1 is 1.26 bits per heavy atom. The van der Waals surface area contributed by atoms with Crippen molar-refractivity contribution in [3.63, 3.8) is 0 Å². The molecule has 8 heteroatoms. The summed E-state index contributed by atoms with van der Waals surface area (Å²) in [6.07, 6.45) is 0. The molecule has 0 aromatic heterocycles. The molecule has 2 atom stereocenters. The number of nitrogens with one attached hydrogen (secondary N) is 2. The van der Waals surface area contributed by atoms with Crippen molar-refractivity contribution in [3.05, 3.63) is 42.1 Å². The van der Waals surface area contributed by atoms with Crippen molar-refractivity contribution in [2.24, 2.45) is 5.92 Å². The Kier molecular flexibility index (Phi) is 6.31. The third-order valence-electron chi connectivity index (χ3n) is 4.68. The maximum Gasteiger partial charge on any atom is 0.319 e. The van der Waals surface area contributed by atoms with E-state index in [1.54, 1.807) is 0 Å². The molecule has 3 rings (SSSR count). The largest absolute Gasteiger partial charge is 0.463 e. The summed E-state index contributed by atoms with van der Waals surface area (Å²) in [5.74, 6) is -1.17. The van der Waals surface area contributed by atoms with Gasteiger partial charge in [-0.15, -0.1) is 0 Å². The summed E-state index contributed by atoms with van der Waals surface area (Å²) in [6, 6.07) is 6.90. The van der Waals surface area contributed by atoms with Crippen LogP contribution in [0.15, 0.2) is 36.5 Å². The van der Waals surface area contributed by atoms with Gasteiger partial charge in [-0.1, -0.05) is 18.7 Å². The van der Waals surface area contributed by atoms with Crippen LogP contribution in [-0.4, -0.2) is 58.6 Å². The number of hydrogen-bond donors (Lipinski definition) is 2. The maximum absolute atomic E-state index is 12.5. The lowest BCUT2D eigenvalue weighted by atomic mass is 9.89. The number of carbonyl (C=O) groups excluding carboxylic acids is 2. The highest BCUT2D eigenvalue weighted by Gasteiger charge is 2.38. The lowest BCUT2D eigenvalue weighted by molar-refractivity contribution is -0.149. The molecule has 0 spiro atoms. The SMILES string of the molecule is C=C1NC(=O)N[C@H](c2ccc(N3CCOCC3)cc2)[C@@H]1C(=O)OCCOC. The van der Waals surface area contributed by atoms with Crippen molar-refractivity contribution in [2.45, 2.75) is 6.04 Å². The summed E-state index contributed by atoms with van der Waals surface area (Å²) in [4.78, 5) is 26.7. The predicted molar refractivity (Wildman–Crippen MR) is 99.3 cm³/mol. The van der Waals surface area contributed by atoms with Crippen molar-refractivity contribution >= 4 is 17.7 Å². The predicted octanol–water partition coefficient (Wildman–Crippen LogP) is 1.20. The van der Waals surface area contributed by atoms with E-state index in [9.17, 15) is 9.59 Å². The molecule has 1 aromatic carbocycles. The quantitative estimate of drug-likeness (QED) is 0.574. The van der Waals surface area contributed by atoms with Crippen LogP contribution in [0, 0.1) is 5.92 Å². The van der Waals surface area contributed by atoms with E-state index < -0.39 is 17.9 Å². The van der Waals surface area contributed by atoms with E-state index in [0.717, 1.165) is 24.3 Å². The van der Waals surface area contributed by atoms with Gasteiger partial charge in [0.2, 0.25) is 0 Å². The van der Waals surface area contributed by atoms with Crippen molar-refractivity contribution in [3.8, 4) is 0 Å². The minimum Gasteiger partial charge on any atom is -0.463 e. The van der Waals surface area contributed by atoms with Gasteiger partial charge in [0.05, 0.1) is 25.9 Å². The second-order valence-electron chi connectivity index (χ2n) is 6.43. The van der Waals surface area contributed by atoms with Gasteiger partial charge in [0.1, 0.15) is 12.5 Å². The van der Waals surface area contributed by atoms with Gasteiger partial charge >= 0.3 is 12.0 Å². The highest BCUT2D eigenvalue weighted by molar-refractivity contribution is 5.85. The van der Waals surface area contributed by atoms with Crippen molar-refractivity contribution in [1.29, 1.82) is 0 Å². The number of nitrogens with zero attached hydrogens (tertiary/aromatic N) is 1. The van der Waals surface area contributed by atoms with Crippen molar-refractivity contribution in [1.82, 2.24) is 10.6 Å². The molecule has 2 N–H and O–H groups in total. The molecule has 2 fully saturated rings. The Balaban J connectivity index is 1.76. The van der Waals surface area contributed by atoms with E-state index in [4.69, 9.17) is 14.2 Å². The van der Waals surface area contributed by atoms with E-state index in [1.807, 2.05) is 24.3 Å². The van der Waals surface area contributed by atoms with Crippen LogP contribution in [0.3, 0.4) is 0 Å². The molecular formula is C19H25N3O5. The van der Waals surface area contributed by atoms with Gasteiger partial charge in [-0.3, -0.25) is 4.79 Å². The number of benzene rings is 1. The van der Waals surface area contributed by atoms with Crippen molar-refractivity contribution in [2.75, 3.05) is 51.5 Å². The third kappa shape index (κ3) is 4.58. The molecule has 2 aliphatic heterocycles. The number of anilines is 1. The van der Waals surface area contributed by atoms with E-state index in [1.165, 1.54) is 7.11 Å². The number of esters is 1. The molecule has 2 amide bonds. The second kappa shape index (κ2) is 8.88. The fourth-order valence-electron chi connectivity index (χ4n) is 3.27. The molecule has 0 radical (unpaired) electrons. The average molecular weight is 375 g/mol. The smallest absolute Gasteiger partial charge is 0.319 e. The van der Waals surface area contributed by atoms with Gasteiger partial charge in [-0.05, 0) is 17.7 Å². The molecule has 2 heterocycles. The van der Waals surface area contributed by atoms with E-state index in [-0.39, 0.29) is 12.6 Å². The number of urea groups is 1. The number of carbonyl (C=O) groups is 2. The van der Waals surface area contributed by atoms with E-state index in [0.29, 0.717) is 25.5 Å². The van der Waals surface area contributed by atoms with Gasteiger partial charge in [-0.25, -0.2) is 4.79 Å². The summed E-state index contributed by atoms with van der Waals surface area (Å²) in [5, 5.41) is 5.37. The van der Waals surface area contributed by atoms with Crippen LogP contribution in [0.5, 0.6) is 0 Å². The van der Waals surface area contributed by atoms with Gasteiger partial charge in [0.25, 0.3) is 0 Å². The maximum atomic E-state index is 12.5. The van der Waals surface area contributed by atoms with Crippen LogP contribution < -0.4 is 15.5 Å². The fourth-order valence-corrected chi connectivity index (χ4v) is 3.27. The molecule has 0 saturated carbocycles. The first-order valence-electron chi connectivity index (χ1n) is 8.94. The van der Waals surface area contributed by atoms with Gasteiger partial charge in [0, 0.05) is 31.6 Å². The first kappa shape index (κ1) is 19.2. The van der Waals surface area contributed by atoms with Crippen LogP contribution in [0.25, 0.3) is 0 Å². The minimum absolute atomic E-state index is 0.149. The Morgan fingerprint density at radius 3 is 2.63 bits per heavy atom. The van der Waals surface area contributed by atoms with Crippen LogP contribution >= 0.6 is 0 Å². The number of rotatable bonds is 6. The summed E-state index contributed by atoms with van der Waals surface area (Å²) in [7, 11) is 1.54. The second-order valence-corrected chi connectivity index (χ2v) is 6.43. The molecule has 1 aromatic rings. The van der Waals surface area contributed by atoms with Gasteiger partial charge in [-0.2, -0.15) is 0 Å². The molecule has 2 aliphatic rings. The van der Waals surface area contributed by atoms with Crippen molar-refractivity contribution < 1.29 is 23.8 Å². The number of methoxy groups -OCH3 is 1. The molecule has 2 saturated heterocycles. The van der Waals surface area contributed by atoms with Gasteiger partial charge < -0.3 is 29.7 Å². The molecule has 0 unspecified atom stereocenters. The number of hydrogen-bond acceptors (Lipinski definition) is 6.